The Balaban J connectivity index is 1.80. The third-order valence-corrected chi connectivity index (χ3v) is 4.54. The van der Waals surface area contributed by atoms with Crippen molar-refractivity contribution in [3.05, 3.63) is 70.8 Å². The van der Waals surface area contributed by atoms with E-state index in [9.17, 15) is 5.11 Å². The molecule has 2 heteroatoms. The molecule has 0 atom stereocenters. The van der Waals surface area contributed by atoms with Gasteiger partial charge in [-0.2, -0.15) is 0 Å². The van der Waals surface area contributed by atoms with Crippen molar-refractivity contribution >= 4 is 17.1 Å². The second-order valence-corrected chi connectivity index (χ2v) is 7.36. The summed E-state index contributed by atoms with van der Waals surface area (Å²) in [6.07, 6.45) is 3.92. The van der Waals surface area contributed by atoms with Crippen molar-refractivity contribution in [3.8, 4) is 0 Å². The van der Waals surface area contributed by atoms with E-state index < -0.39 is 5.60 Å². The van der Waals surface area contributed by atoms with Crippen LogP contribution in [-0.4, -0.2) is 9.97 Å². The highest BCUT2D eigenvalue weighted by atomic mass is 32.1. The smallest absolute Gasteiger partial charge is 0.0840 e. The first-order valence-corrected chi connectivity index (χ1v) is 8.64. The van der Waals surface area contributed by atoms with Gasteiger partial charge in [0.15, 0.2) is 0 Å². The van der Waals surface area contributed by atoms with Crippen LogP contribution in [0.25, 0.3) is 0 Å². The van der Waals surface area contributed by atoms with E-state index in [1.807, 2.05) is 26.0 Å². The van der Waals surface area contributed by atoms with Gasteiger partial charge in [0.1, 0.15) is 0 Å². The van der Waals surface area contributed by atoms with E-state index in [0.717, 1.165) is 36.1 Å². The number of benzene rings is 2. The number of aliphatic hydroxyl groups is 1. The van der Waals surface area contributed by atoms with Gasteiger partial charge in [-0.05, 0) is 68.0 Å². The maximum absolute atomic E-state index is 9.97. The summed E-state index contributed by atoms with van der Waals surface area (Å²) >= 11 is 5.53. The van der Waals surface area contributed by atoms with Crippen LogP contribution in [0.4, 0.5) is 0 Å². The van der Waals surface area contributed by atoms with Crippen molar-refractivity contribution in [1.82, 2.24) is 0 Å². The fourth-order valence-corrected chi connectivity index (χ4v) is 2.84. The maximum atomic E-state index is 9.97. The molecule has 2 aromatic carbocycles. The molecule has 0 aliphatic heterocycles. The number of rotatable bonds is 7. The highest BCUT2D eigenvalue weighted by molar-refractivity contribution is 7.80. The van der Waals surface area contributed by atoms with Gasteiger partial charge in [-0.3, -0.25) is 0 Å². The van der Waals surface area contributed by atoms with Gasteiger partial charge in [0.2, 0.25) is 0 Å². The van der Waals surface area contributed by atoms with E-state index in [2.05, 4.69) is 43.3 Å². The molecular weight excluding hydrogens is 300 g/mol. The van der Waals surface area contributed by atoms with Crippen LogP contribution in [0.15, 0.2) is 48.5 Å². The van der Waals surface area contributed by atoms with Crippen molar-refractivity contribution in [3.63, 3.8) is 0 Å². The molecule has 1 nitrogen and oxygen atoms in total. The Bertz CT molecular complexity index is 650. The lowest BCUT2D eigenvalue weighted by atomic mass is 9.96. The molecule has 0 unspecified atom stereocenters. The minimum Gasteiger partial charge on any atom is -0.386 e. The minimum atomic E-state index is -0.776. The normalized spacial score (nSPS) is 11.5. The fraction of sp³-hybridized carbons (Fsp3) is 0.381. The van der Waals surface area contributed by atoms with Crippen LogP contribution in [0.3, 0.4) is 0 Å². The highest BCUT2D eigenvalue weighted by Gasteiger charge is 2.14. The molecule has 23 heavy (non-hydrogen) atoms. The van der Waals surface area contributed by atoms with Crippen LogP contribution in [0.2, 0.25) is 0 Å². The van der Waals surface area contributed by atoms with Crippen LogP contribution < -0.4 is 0 Å². The van der Waals surface area contributed by atoms with Crippen molar-refractivity contribution in [1.29, 1.82) is 0 Å². The number of hydrogen-bond acceptors (Lipinski definition) is 2. The third kappa shape index (κ3) is 5.89. The predicted molar refractivity (Wildman–Crippen MR) is 102 cm³/mol. The number of aryl methyl sites for hydroxylation is 3. The molecule has 0 spiro atoms. The summed E-state index contributed by atoms with van der Waals surface area (Å²) < 4.78 is 0. The quantitative estimate of drug-likeness (QED) is 0.709. The van der Waals surface area contributed by atoms with Crippen LogP contribution in [0.5, 0.6) is 0 Å². The van der Waals surface area contributed by atoms with Gasteiger partial charge < -0.3 is 5.11 Å². The Hall–Kier alpha value is -1.51. The molecule has 0 amide bonds. The van der Waals surface area contributed by atoms with Crippen LogP contribution in [-0.2, 0) is 18.4 Å². The zero-order valence-corrected chi connectivity index (χ0v) is 15.1. The summed E-state index contributed by atoms with van der Waals surface area (Å²) in [4.78, 5) is 1.14. The minimum absolute atomic E-state index is 0.776. The summed E-state index contributed by atoms with van der Waals surface area (Å²) in [6, 6.07) is 16.8. The largest absolute Gasteiger partial charge is 0.386 e. The van der Waals surface area contributed by atoms with E-state index in [1.165, 1.54) is 16.7 Å². The van der Waals surface area contributed by atoms with Gasteiger partial charge in [0, 0.05) is 0 Å². The third-order valence-electron chi connectivity index (χ3n) is 4.13. The van der Waals surface area contributed by atoms with Gasteiger partial charge >= 0.3 is 0 Å². The van der Waals surface area contributed by atoms with Gasteiger partial charge in [-0.25, -0.2) is 0 Å². The van der Waals surface area contributed by atoms with Crippen molar-refractivity contribution in [2.24, 2.45) is 0 Å². The summed E-state index contributed by atoms with van der Waals surface area (Å²) in [6.45, 7) is 5.74. The Kier molecular flexibility index (Phi) is 6.09. The molecule has 0 saturated carbocycles. The molecule has 1 N–H and O–H groups in total. The molecule has 2 rings (SSSR count). The maximum Gasteiger partial charge on any atom is 0.0840 e. The summed E-state index contributed by atoms with van der Waals surface area (Å²) in [5.41, 5.74) is 4.11. The van der Waals surface area contributed by atoms with E-state index in [0.29, 0.717) is 0 Å². The average Bonchev–Trinajstić information content (AvgIpc) is 2.50. The average molecular weight is 327 g/mol. The first kappa shape index (κ1) is 17.8. The monoisotopic (exact) mass is 326 g/mol. The van der Waals surface area contributed by atoms with E-state index >= 15 is 0 Å². The van der Waals surface area contributed by atoms with Crippen LogP contribution in [0, 0.1) is 6.92 Å². The standard InChI is InChI=1S/C21H26OS/c1-16-5-4-6-18(15-16)10-14-20(23)13-9-17-7-11-19(12-8-17)21(2,3)22/h4-8,11-12,15,22H,9-10,13-14H2,1-3H3. The van der Waals surface area contributed by atoms with Gasteiger partial charge in [0.05, 0.1) is 5.60 Å². The van der Waals surface area contributed by atoms with Crippen LogP contribution in [0.1, 0.15) is 48.9 Å². The second-order valence-electron chi connectivity index (χ2n) is 6.78. The molecule has 0 bridgehead atoms. The van der Waals surface area contributed by atoms with E-state index in [4.69, 9.17) is 12.2 Å². The molecule has 0 aliphatic carbocycles. The number of thiocarbonyl (C=S) groups is 1. The lowest BCUT2D eigenvalue weighted by Crippen LogP contribution is -2.15. The Morgan fingerprint density at radius 2 is 1.57 bits per heavy atom. The predicted octanol–water partition coefficient (Wildman–Crippen LogP) is 5.16. The van der Waals surface area contributed by atoms with Gasteiger partial charge in [-0.15, -0.1) is 0 Å². The Morgan fingerprint density at radius 1 is 0.957 bits per heavy atom. The molecule has 122 valence electrons. The molecule has 0 aliphatic rings. The van der Waals surface area contributed by atoms with Gasteiger partial charge in [-0.1, -0.05) is 66.3 Å². The zero-order valence-electron chi connectivity index (χ0n) is 14.3. The Labute approximate surface area is 145 Å². The topological polar surface area (TPSA) is 20.2 Å². The molecule has 0 saturated heterocycles. The molecule has 0 heterocycles. The first-order valence-electron chi connectivity index (χ1n) is 8.23. The van der Waals surface area contributed by atoms with Crippen molar-refractivity contribution in [2.45, 2.75) is 52.1 Å². The summed E-state index contributed by atoms with van der Waals surface area (Å²) in [7, 11) is 0. The first-order chi connectivity index (χ1) is 10.8. The zero-order chi connectivity index (χ0) is 16.9. The van der Waals surface area contributed by atoms with Crippen molar-refractivity contribution < 1.29 is 5.11 Å². The molecular formula is C21H26OS. The number of hydrogen-bond donors (Lipinski definition) is 1. The van der Waals surface area contributed by atoms with Crippen molar-refractivity contribution in [2.75, 3.05) is 0 Å². The lowest BCUT2D eigenvalue weighted by Gasteiger charge is -2.17. The SMILES string of the molecule is Cc1cccc(CCC(=S)CCc2ccc(C(C)(C)O)cc2)c1. The summed E-state index contributed by atoms with van der Waals surface area (Å²) in [5.74, 6) is 0. The van der Waals surface area contributed by atoms with E-state index in [1.54, 1.807) is 0 Å². The second kappa shape index (κ2) is 7.85. The molecule has 0 radical (unpaired) electrons. The van der Waals surface area contributed by atoms with E-state index in [-0.39, 0.29) is 0 Å². The Morgan fingerprint density at radius 3 is 2.13 bits per heavy atom. The molecule has 0 aromatic heterocycles. The van der Waals surface area contributed by atoms with Gasteiger partial charge in [0.25, 0.3) is 0 Å². The summed E-state index contributed by atoms with van der Waals surface area (Å²) in [5, 5.41) is 9.97. The highest BCUT2D eigenvalue weighted by Crippen LogP contribution is 2.20. The molecule has 2 aromatic rings. The lowest BCUT2D eigenvalue weighted by molar-refractivity contribution is 0.0786. The fourth-order valence-electron chi connectivity index (χ4n) is 2.64. The van der Waals surface area contributed by atoms with Crippen LogP contribution >= 0.6 is 12.2 Å². The molecule has 0 fully saturated rings.